The van der Waals surface area contributed by atoms with Gasteiger partial charge in [-0.3, -0.25) is 9.36 Å². The summed E-state index contributed by atoms with van der Waals surface area (Å²) >= 11 is 1.43. The summed E-state index contributed by atoms with van der Waals surface area (Å²) in [5.74, 6) is 0.806. The van der Waals surface area contributed by atoms with Crippen LogP contribution in [0, 0.1) is 6.92 Å². The number of hydrogen-bond donors (Lipinski definition) is 1. The molecule has 1 amide bonds. The van der Waals surface area contributed by atoms with Crippen molar-refractivity contribution in [3.8, 4) is 5.69 Å². The lowest BCUT2D eigenvalue weighted by atomic mass is 10.1. The highest BCUT2D eigenvalue weighted by atomic mass is 32.2. The first-order chi connectivity index (χ1) is 14.6. The summed E-state index contributed by atoms with van der Waals surface area (Å²) in [6, 6.07) is 18.0. The summed E-state index contributed by atoms with van der Waals surface area (Å²) in [4.78, 5) is 15.1. The average Bonchev–Trinajstić information content (AvgIpc) is 3.20. The van der Waals surface area contributed by atoms with Crippen molar-refractivity contribution in [3.05, 3.63) is 60.2 Å². The Kier molecular flexibility index (Phi) is 6.38. The topological polar surface area (TPSA) is 63.1 Å². The maximum Gasteiger partial charge on any atom is 0.237 e. The zero-order valence-electron chi connectivity index (χ0n) is 17.4. The van der Waals surface area contributed by atoms with Crippen molar-refractivity contribution in [1.29, 1.82) is 0 Å². The van der Waals surface area contributed by atoms with Gasteiger partial charge in [0, 0.05) is 18.8 Å². The van der Waals surface area contributed by atoms with E-state index in [0.29, 0.717) is 0 Å². The van der Waals surface area contributed by atoms with Gasteiger partial charge in [-0.2, -0.15) is 0 Å². The van der Waals surface area contributed by atoms with Crippen LogP contribution in [0.4, 0.5) is 11.6 Å². The molecular weight excluding hydrogens is 394 g/mol. The van der Waals surface area contributed by atoms with Crippen molar-refractivity contribution < 1.29 is 4.79 Å². The minimum absolute atomic E-state index is 0.0500. The normalized spacial score (nSPS) is 15.1. The van der Waals surface area contributed by atoms with Crippen LogP contribution in [0.5, 0.6) is 0 Å². The molecule has 1 N–H and O–H groups in total. The molecule has 1 aliphatic rings. The van der Waals surface area contributed by atoms with E-state index in [-0.39, 0.29) is 11.2 Å². The van der Waals surface area contributed by atoms with E-state index < -0.39 is 0 Å². The van der Waals surface area contributed by atoms with Crippen LogP contribution in [0.1, 0.15) is 31.7 Å². The first-order valence-corrected chi connectivity index (χ1v) is 11.3. The molecule has 7 heteroatoms. The van der Waals surface area contributed by atoms with E-state index >= 15 is 0 Å². The highest BCUT2D eigenvalue weighted by Crippen LogP contribution is 2.30. The summed E-state index contributed by atoms with van der Waals surface area (Å²) in [7, 11) is 0. The molecule has 1 aromatic heterocycles. The molecule has 0 unspecified atom stereocenters. The molecule has 2 heterocycles. The minimum atomic E-state index is -0.313. The standard InChI is InChI=1S/C23H27N5OS/c1-17-11-13-19(14-12-17)24-21(29)18(2)30-23-26-25-22(27-15-7-4-8-16-27)28(23)20-9-5-3-6-10-20/h3,5-6,9-14,18H,4,7-8,15-16H2,1-2H3,(H,24,29)/t18-/m0/s1. The van der Waals surface area contributed by atoms with Gasteiger partial charge in [-0.25, -0.2) is 0 Å². The fourth-order valence-corrected chi connectivity index (χ4v) is 4.40. The second-order valence-electron chi connectivity index (χ2n) is 7.62. The molecule has 0 saturated carbocycles. The molecule has 0 bridgehead atoms. The van der Waals surface area contributed by atoms with E-state index in [1.165, 1.54) is 31.0 Å². The molecule has 3 aromatic rings. The number of benzene rings is 2. The number of thioether (sulfide) groups is 1. The second kappa shape index (κ2) is 9.34. The highest BCUT2D eigenvalue weighted by molar-refractivity contribution is 8.00. The first-order valence-electron chi connectivity index (χ1n) is 10.4. The van der Waals surface area contributed by atoms with Gasteiger partial charge in [-0.15, -0.1) is 10.2 Å². The van der Waals surface area contributed by atoms with Crippen LogP contribution in [0.2, 0.25) is 0 Å². The summed E-state index contributed by atoms with van der Waals surface area (Å²) in [5.41, 5.74) is 2.98. The van der Waals surface area contributed by atoms with Crippen LogP contribution in [0.15, 0.2) is 59.8 Å². The van der Waals surface area contributed by atoms with E-state index in [1.54, 1.807) is 0 Å². The van der Waals surface area contributed by atoms with Gasteiger partial charge in [-0.05, 0) is 57.4 Å². The van der Waals surface area contributed by atoms with Crippen LogP contribution in [0.3, 0.4) is 0 Å². The molecule has 0 radical (unpaired) electrons. The fourth-order valence-electron chi connectivity index (χ4n) is 3.53. The number of nitrogens with one attached hydrogen (secondary N) is 1. The molecule has 156 valence electrons. The number of nitrogens with zero attached hydrogens (tertiary/aromatic N) is 4. The number of carbonyl (C=O) groups excluding carboxylic acids is 1. The Hall–Kier alpha value is -2.80. The summed E-state index contributed by atoms with van der Waals surface area (Å²) in [6.07, 6.45) is 3.59. The number of aromatic nitrogens is 3. The number of aryl methyl sites for hydroxylation is 1. The quantitative estimate of drug-likeness (QED) is 0.585. The monoisotopic (exact) mass is 421 g/mol. The molecule has 2 aromatic carbocycles. The van der Waals surface area contributed by atoms with Crippen molar-refractivity contribution in [3.63, 3.8) is 0 Å². The van der Waals surface area contributed by atoms with Gasteiger partial charge in [0.2, 0.25) is 11.9 Å². The number of amides is 1. The maximum atomic E-state index is 12.8. The highest BCUT2D eigenvalue weighted by Gasteiger charge is 2.24. The SMILES string of the molecule is Cc1ccc(NC(=O)[C@H](C)Sc2nnc(N3CCCCC3)n2-c2ccccc2)cc1. The van der Waals surface area contributed by atoms with Crippen LogP contribution in [-0.2, 0) is 4.79 Å². The predicted molar refractivity (Wildman–Crippen MR) is 123 cm³/mol. The molecule has 4 rings (SSSR count). The maximum absolute atomic E-state index is 12.8. The van der Waals surface area contributed by atoms with Gasteiger partial charge >= 0.3 is 0 Å². The van der Waals surface area contributed by atoms with E-state index in [9.17, 15) is 4.79 Å². The Labute approximate surface area is 181 Å². The van der Waals surface area contributed by atoms with Crippen LogP contribution < -0.4 is 10.2 Å². The van der Waals surface area contributed by atoms with Gasteiger partial charge < -0.3 is 10.2 Å². The lowest BCUT2D eigenvalue weighted by molar-refractivity contribution is -0.115. The van der Waals surface area contributed by atoms with E-state index in [4.69, 9.17) is 0 Å². The third-order valence-electron chi connectivity index (χ3n) is 5.24. The first kappa shape index (κ1) is 20.5. The summed E-state index contributed by atoms with van der Waals surface area (Å²) < 4.78 is 2.08. The molecule has 1 fully saturated rings. The molecule has 30 heavy (non-hydrogen) atoms. The summed E-state index contributed by atoms with van der Waals surface area (Å²) in [5, 5.41) is 12.4. The van der Waals surface area contributed by atoms with Crippen molar-refractivity contribution in [1.82, 2.24) is 14.8 Å². The Balaban J connectivity index is 1.56. The number of anilines is 2. The van der Waals surface area contributed by atoms with Gasteiger partial charge in [0.25, 0.3) is 0 Å². The number of carbonyl (C=O) groups is 1. The number of piperidine rings is 1. The molecular formula is C23H27N5OS. The van der Waals surface area contributed by atoms with E-state index in [1.807, 2.05) is 56.3 Å². The lowest BCUT2D eigenvalue weighted by Gasteiger charge is -2.28. The Morgan fingerprint density at radius 2 is 1.70 bits per heavy atom. The van der Waals surface area contributed by atoms with Crippen molar-refractivity contribution in [2.75, 3.05) is 23.3 Å². The minimum Gasteiger partial charge on any atom is -0.341 e. The Morgan fingerprint density at radius 3 is 2.40 bits per heavy atom. The Morgan fingerprint density at radius 1 is 1.00 bits per heavy atom. The van der Waals surface area contributed by atoms with Crippen molar-refractivity contribution in [2.45, 2.75) is 43.5 Å². The molecule has 0 spiro atoms. The van der Waals surface area contributed by atoms with Gasteiger partial charge in [0.15, 0.2) is 5.16 Å². The van der Waals surface area contributed by atoms with Crippen LogP contribution >= 0.6 is 11.8 Å². The van der Waals surface area contributed by atoms with Crippen molar-refractivity contribution >= 4 is 29.3 Å². The number of hydrogen-bond acceptors (Lipinski definition) is 5. The van der Waals surface area contributed by atoms with E-state index in [0.717, 1.165) is 41.1 Å². The third-order valence-corrected chi connectivity index (χ3v) is 6.28. The van der Waals surface area contributed by atoms with E-state index in [2.05, 4.69) is 37.1 Å². The van der Waals surface area contributed by atoms with Crippen molar-refractivity contribution in [2.24, 2.45) is 0 Å². The second-order valence-corrected chi connectivity index (χ2v) is 8.92. The number of rotatable bonds is 6. The smallest absolute Gasteiger partial charge is 0.237 e. The molecule has 0 aliphatic carbocycles. The van der Waals surface area contributed by atoms with Crippen LogP contribution in [-0.4, -0.2) is 39.0 Å². The molecule has 6 nitrogen and oxygen atoms in total. The molecule has 1 saturated heterocycles. The largest absolute Gasteiger partial charge is 0.341 e. The Bertz CT molecular complexity index is 981. The van der Waals surface area contributed by atoms with Crippen LogP contribution in [0.25, 0.3) is 5.69 Å². The lowest BCUT2D eigenvalue weighted by Crippen LogP contribution is -2.31. The average molecular weight is 422 g/mol. The molecule has 1 aliphatic heterocycles. The zero-order valence-corrected chi connectivity index (χ0v) is 18.2. The molecule has 1 atom stereocenters. The predicted octanol–water partition coefficient (Wildman–Crippen LogP) is 4.69. The fraction of sp³-hybridized carbons (Fsp3) is 0.348. The van der Waals surface area contributed by atoms with Gasteiger partial charge in [0.05, 0.1) is 10.9 Å². The zero-order chi connectivity index (χ0) is 20.9. The number of para-hydroxylation sites is 1. The summed E-state index contributed by atoms with van der Waals surface area (Å²) in [6.45, 7) is 5.90. The third kappa shape index (κ3) is 4.67. The van der Waals surface area contributed by atoms with Gasteiger partial charge in [0.1, 0.15) is 0 Å². The van der Waals surface area contributed by atoms with Gasteiger partial charge in [-0.1, -0.05) is 47.7 Å².